The number of rotatable bonds is 6. The fraction of sp³-hybridized carbons (Fsp3) is 0.444. The van der Waals surface area contributed by atoms with Crippen LogP contribution < -0.4 is 0 Å². The molecule has 1 aliphatic rings. The molecule has 0 spiro atoms. The summed E-state index contributed by atoms with van der Waals surface area (Å²) in [5, 5.41) is 15.1. The summed E-state index contributed by atoms with van der Waals surface area (Å²) in [6.45, 7) is 10.2. The van der Waals surface area contributed by atoms with Crippen LogP contribution in [0.4, 0.5) is 0 Å². The van der Waals surface area contributed by atoms with Crippen LogP contribution in [0.2, 0.25) is 0 Å². The van der Waals surface area contributed by atoms with Crippen LogP contribution in [0.1, 0.15) is 33.3 Å². The van der Waals surface area contributed by atoms with Crippen molar-refractivity contribution in [2.24, 2.45) is 0 Å². The van der Waals surface area contributed by atoms with E-state index in [0.717, 1.165) is 18.8 Å². The maximum absolute atomic E-state index is 10.4. The molecule has 0 saturated heterocycles. The average molecular weight is 305 g/mol. The predicted molar refractivity (Wildman–Crippen MR) is 95.2 cm³/mol. The SMILES string of the molecule is CCN(CC)S1(CC(C)(C)O)C=CC(c2ccccc2)=C1. The Bertz CT molecular complexity index is 526. The number of hydrogen-bond donors (Lipinski definition) is 1. The van der Waals surface area contributed by atoms with Gasteiger partial charge in [-0.25, -0.2) is 0 Å². The highest BCUT2D eigenvalue weighted by atomic mass is 32.3. The highest BCUT2D eigenvalue weighted by Gasteiger charge is 2.34. The molecule has 2 nitrogen and oxygen atoms in total. The molecule has 1 aromatic carbocycles. The predicted octanol–water partition coefficient (Wildman–Crippen LogP) is 4.39. The third-order valence-electron chi connectivity index (χ3n) is 3.69. The molecular weight excluding hydrogens is 278 g/mol. The van der Waals surface area contributed by atoms with Crippen molar-refractivity contribution in [1.29, 1.82) is 0 Å². The molecule has 1 heterocycles. The van der Waals surface area contributed by atoms with Gasteiger partial charge in [0.1, 0.15) is 0 Å². The second-order valence-electron chi connectivity index (χ2n) is 6.12. The van der Waals surface area contributed by atoms with Gasteiger partial charge in [-0.15, -0.1) is 10.2 Å². The fourth-order valence-corrected chi connectivity index (χ4v) is 6.79. The summed E-state index contributed by atoms with van der Waals surface area (Å²) in [6, 6.07) is 10.5. The molecule has 1 aromatic rings. The summed E-state index contributed by atoms with van der Waals surface area (Å²) in [6.07, 6.45) is 2.23. The van der Waals surface area contributed by atoms with Gasteiger partial charge in [0, 0.05) is 18.8 Å². The Hall–Kier alpha value is -1.03. The molecule has 0 amide bonds. The van der Waals surface area contributed by atoms with Gasteiger partial charge < -0.3 is 5.11 Å². The van der Waals surface area contributed by atoms with Gasteiger partial charge in [-0.3, -0.25) is 4.31 Å². The Kier molecular flexibility index (Phi) is 4.97. The minimum Gasteiger partial charge on any atom is -0.390 e. The first-order valence-corrected chi connectivity index (χ1v) is 9.52. The molecule has 0 fully saturated rings. The summed E-state index contributed by atoms with van der Waals surface area (Å²) in [4.78, 5) is 0. The first kappa shape index (κ1) is 16.3. The molecule has 1 aliphatic heterocycles. The van der Waals surface area contributed by atoms with Crippen LogP contribution in [0.25, 0.3) is 5.57 Å². The van der Waals surface area contributed by atoms with Crippen LogP contribution in [0.5, 0.6) is 0 Å². The van der Waals surface area contributed by atoms with E-state index < -0.39 is 15.8 Å². The zero-order valence-electron chi connectivity index (χ0n) is 13.5. The molecule has 21 heavy (non-hydrogen) atoms. The summed E-state index contributed by atoms with van der Waals surface area (Å²) in [5.41, 5.74) is 1.87. The van der Waals surface area contributed by atoms with Gasteiger partial charge in [0.2, 0.25) is 0 Å². The molecule has 0 radical (unpaired) electrons. The van der Waals surface area contributed by atoms with Crippen molar-refractivity contribution in [2.45, 2.75) is 33.3 Å². The molecule has 116 valence electrons. The highest BCUT2D eigenvalue weighted by molar-refractivity contribution is 8.36. The molecule has 0 bridgehead atoms. The molecule has 0 saturated carbocycles. The number of allylic oxidation sites excluding steroid dienone is 2. The van der Waals surface area contributed by atoms with Crippen LogP contribution >= 0.6 is 10.2 Å². The van der Waals surface area contributed by atoms with E-state index in [1.807, 2.05) is 19.9 Å². The number of hydrogen-bond acceptors (Lipinski definition) is 2. The van der Waals surface area contributed by atoms with Crippen molar-refractivity contribution in [3.8, 4) is 0 Å². The lowest BCUT2D eigenvalue weighted by molar-refractivity contribution is 0.105. The van der Waals surface area contributed by atoms with E-state index in [1.54, 1.807) is 0 Å². The second kappa shape index (κ2) is 6.39. The third-order valence-corrected chi connectivity index (χ3v) is 7.61. The summed E-state index contributed by atoms with van der Waals surface area (Å²) in [7, 11) is -1.22. The molecule has 1 unspecified atom stereocenters. The monoisotopic (exact) mass is 305 g/mol. The van der Waals surface area contributed by atoms with Crippen LogP contribution in [0, 0.1) is 0 Å². The van der Waals surface area contributed by atoms with Gasteiger partial charge in [-0.1, -0.05) is 44.2 Å². The first-order chi connectivity index (χ1) is 9.90. The van der Waals surface area contributed by atoms with Gasteiger partial charge in [-0.05, 0) is 41.9 Å². The topological polar surface area (TPSA) is 23.5 Å². The minimum atomic E-state index is -1.22. The molecule has 0 aromatic heterocycles. The second-order valence-corrected chi connectivity index (χ2v) is 9.05. The molecule has 1 N–H and O–H groups in total. The third kappa shape index (κ3) is 3.79. The normalized spacial score (nSPS) is 25.0. The smallest absolute Gasteiger partial charge is 0.0684 e. The van der Waals surface area contributed by atoms with E-state index in [9.17, 15) is 5.11 Å². The van der Waals surface area contributed by atoms with Crippen LogP contribution in [0.15, 0.2) is 47.2 Å². The van der Waals surface area contributed by atoms with Crippen molar-refractivity contribution in [3.63, 3.8) is 0 Å². The zero-order chi connectivity index (χ0) is 15.5. The maximum atomic E-state index is 10.4. The van der Waals surface area contributed by atoms with Crippen LogP contribution in [-0.2, 0) is 0 Å². The highest BCUT2D eigenvalue weighted by Crippen LogP contribution is 2.60. The number of nitrogens with zero attached hydrogens (tertiary/aromatic N) is 1. The quantitative estimate of drug-likeness (QED) is 0.842. The Labute approximate surface area is 130 Å². The van der Waals surface area contributed by atoms with E-state index in [1.165, 1.54) is 11.1 Å². The lowest BCUT2D eigenvalue weighted by Gasteiger charge is -2.45. The molecule has 3 heteroatoms. The Morgan fingerprint density at radius 1 is 1.10 bits per heavy atom. The van der Waals surface area contributed by atoms with Crippen LogP contribution in [-0.4, -0.2) is 33.9 Å². The van der Waals surface area contributed by atoms with Crippen molar-refractivity contribution in [2.75, 3.05) is 18.8 Å². The number of aliphatic hydroxyl groups is 1. The van der Waals surface area contributed by atoms with Crippen molar-refractivity contribution in [1.82, 2.24) is 4.31 Å². The Morgan fingerprint density at radius 2 is 1.71 bits per heavy atom. The standard InChI is InChI=1S/C18H27NOS/c1-5-19(6-2)21(15-18(3,4)20)13-12-17(14-21)16-10-8-7-9-11-16/h7-14,20H,5-6,15H2,1-4H3. The van der Waals surface area contributed by atoms with Gasteiger partial charge >= 0.3 is 0 Å². The molecule has 2 rings (SSSR count). The first-order valence-electron chi connectivity index (χ1n) is 7.64. The molecular formula is C18H27NOS. The molecule has 0 aliphatic carbocycles. The molecule has 1 atom stereocenters. The van der Waals surface area contributed by atoms with E-state index >= 15 is 0 Å². The van der Waals surface area contributed by atoms with E-state index in [4.69, 9.17) is 0 Å². The summed E-state index contributed by atoms with van der Waals surface area (Å²) < 4.78 is 2.50. The maximum Gasteiger partial charge on any atom is 0.0684 e. The lowest BCUT2D eigenvalue weighted by atomic mass is 10.1. The average Bonchev–Trinajstić information content (AvgIpc) is 2.84. The minimum absolute atomic E-state index is 0.662. The Balaban J connectivity index is 2.40. The van der Waals surface area contributed by atoms with E-state index in [-0.39, 0.29) is 0 Å². The fourth-order valence-electron chi connectivity index (χ4n) is 2.90. The van der Waals surface area contributed by atoms with E-state index in [2.05, 4.69) is 59.3 Å². The van der Waals surface area contributed by atoms with Gasteiger partial charge in [0.25, 0.3) is 0 Å². The number of benzene rings is 1. The van der Waals surface area contributed by atoms with Crippen molar-refractivity contribution < 1.29 is 5.11 Å². The Morgan fingerprint density at radius 3 is 2.24 bits per heavy atom. The largest absolute Gasteiger partial charge is 0.390 e. The van der Waals surface area contributed by atoms with Gasteiger partial charge in [0.15, 0.2) is 0 Å². The summed E-state index contributed by atoms with van der Waals surface area (Å²) >= 11 is 0. The van der Waals surface area contributed by atoms with Crippen molar-refractivity contribution >= 4 is 15.8 Å². The van der Waals surface area contributed by atoms with E-state index in [0.29, 0.717) is 0 Å². The van der Waals surface area contributed by atoms with Crippen LogP contribution in [0.3, 0.4) is 0 Å². The van der Waals surface area contributed by atoms with Gasteiger partial charge in [-0.2, -0.15) is 0 Å². The lowest BCUT2D eigenvalue weighted by Crippen LogP contribution is -2.35. The zero-order valence-corrected chi connectivity index (χ0v) is 14.4. The van der Waals surface area contributed by atoms with Crippen molar-refractivity contribution in [3.05, 3.63) is 52.8 Å². The van der Waals surface area contributed by atoms with Gasteiger partial charge in [0.05, 0.1) is 5.60 Å². The summed E-state index contributed by atoms with van der Waals surface area (Å²) in [5.74, 6) is 0.786.